The molecule has 108 heavy (non-hydrogen) atoms. The van der Waals surface area contributed by atoms with Gasteiger partial charge in [0, 0.05) is 104 Å². The van der Waals surface area contributed by atoms with E-state index < -0.39 is 182 Å². The van der Waals surface area contributed by atoms with Crippen molar-refractivity contribution in [3.63, 3.8) is 0 Å². The summed E-state index contributed by atoms with van der Waals surface area (Å²) in [7, 11) is 1.75. The van der Waals surface area contributed by atoms with Gasteiger partial charge >= 0.3 is 5.97 Å². The molecule has 1 aromatic heterocycles. The summed E-state index contributed by atoms with van der Waals surface area (Å²) in [6, 6.07) is 4.83. The summed E-state index contributed by atoms with van der Waals surface area (Å²) in [5.41, 5.74) is 30.4. The van der Waals surface area contributed by atoms with Gasteiger partial charge in [-0.3, -0.25) is 72.1 Å². The Morgan fingerprint density at radius 3 is 1.89 bits per heavy atom. The number of nitrogens with zero attached hydrogens (tertiary/aromatic N) is 2. The summed E-state index contributed by atoms with van der Waals surface area (Å²) >= 11 is 6.70. The minimum Gasteiger partial charge on any atom is -0.508 e. The van der Waals surface area contributed by atoms with Gasteiger partial charge in [0.05, 0.1) is 6.54 Å². The summed E-state index contributed by atoms with van der Waals surface area (Å²) in [5, 5.41) is 47.5. The first-order valence-corrected chi connectivity index (χ1v) is 38.7. The fraction of sp³-hybridized carbons (Fsp3) is 0.507. The highest BCUT2D eigenvalue weighted by Crippen LogP contribution is 2.30. The maximum absolute atomic E-state index is 15.3. The number of primary amides is 2. The number of aromatic amines is 1. The number of aromatic hydroxyl groups is 1. The Kier molecular flexibility index (Phi) is 33.8. The predicted molar refractivity (Wildman–Crippen MR) is 403 cm³/mol. The van der Waals surface area contributed by atoms with Crippen LogP contribution in [0.25, 0.3) is 10.9 Å². The van der Waals surface area contributed by atoms with Gasteiger partial charge in [-0.2, -0.15) is 0 Å². The standard InChI is InChI=1S/C71H97ClN18O16S2/c72-46-16-7-3-12-41(46)33-52-67(103)83-48(18-9-30-79-71(76)77)63(99)78-31-28-57(93)81-49(23-25-56(74)92)64(100)85-53(34-42-35-80-47-17-8-6-15-45(42)47)68(104)84-50(24-26-60(96)97)65(101)87-54(62(75)98)37-107-108-38-55(69(105)89-61(70(106)86-52)40-10-1-2-11-40)88-66(102)51(32-39-19-21-44(91)22-20-39)82-58(94)36-90(59(95)27-29-73)43-13-4-5-14-43/h3,6-8,12,15-17,19-22,35,40,43,48-55,61,80,91H,1-2,4-5,9-11,13-14,18,23-34,36-38,73H2,(H2,74,92)(H2,75,98)(H,78,99)(H,81,93)(H,82,94)(H,83,103)(H,84,104)(H,85,100)(H,86,106)(H,87,101)(H,88,102)(H,89,105)(H,96,97)(H4,76,77,79)/t48-,49-,50-,51-,52-,53-,54-,55-,61-/m0/s1. The number of fused-ring (bicyclic) bond motifs is 1. The normalized spacial score (nSPS) is 22.1. The van der Waals surface area contributed by atoms with E-state index in [0.29, 0.717) is 66.1 Å². The van der Waals surface area contributed by atoms with Crippen molar-refractivity contribution >= 4 is 133 Å². The summed E-state index contributed by atoms with van der Waals surface area (Å²) in [4.78, 5) is 207. The molecule has 0 spiro atoms. The molecule has 23 N–H and O–H groups in total. The van der Waals surface area contributed by atoms with E-state index in [4.69, 9.17) is 40.3 Å². The van der Waals surface area contributed by atoms with Gasteiger partial charge in [-0.25, -0.2) is 0 Å². The summed E-state index contributed by atoms with van der Waals surface area (Å²) in [6.07, 6.45) is 2.95. The zero-order chi connectivity index (χ0) is 78.4. The maximum Gasteiger partial charge on any atom is 0.303 e. The fourth-order valence-electron chi connectivity index (χ4n) is 12.9. The molecule has 3 fully saturated rings. The number of phenolic OH excluding ortho intramolecular Hbond substituents is 1. The second-order valence-electron chi connectivity index (χ2n) is 26.8. The van der Waals surface area contributed by atoms with Crippen molar-refractivity contribution in [1.82, 2.24) is 63.1 Å². The lowest BCUT2D eigenvalue weighted by atomic mass is 9.95. The topological polar surface area (TPSA) is 561 Å². The molecule has 7 rings (SSSR count). The van der Waals surface area contributed by atoms with Gasteiger partial charge in [-0.05, 0) is 98.2 Å². The fourth-order valence-corrected chi connectivity index (χ4v) is 15.5. The minimum atomic E-state index is -1.74. The van der Waals surface area contributed by atoms with Gasteiger partial charge in [0.2, 0.25) is 76.8 Å². The van der Waals surface area contributed by atoms with Gasteiger partial charge < -0.3 is 102 Å². The number of hydrogen-bond acceptors (Lipinski definition) is 19. The third-order valence-electron chi connectivity index (χ3n) is 18.7. The highest BCUT2D eigenvalue weighted by atomic mass is 35.5. The average Bonchev–Trinajstić information content (AvgIpc) is 1.62. The Morgan fingerprint density at radius 1 is 0.639 bits per heavy atom. The molecule has 3 aliphatic rings. The van der Waals surface area contributed by atoms with Crippen molar-refractivity contribution in [3.8, 4) is 5.75 Å². The van der Waals surface area contributed by atoms with E-state index in [1.807, 2.05) is 0 Å². The van der Waals surface area contributed by atoms with Gasteiger partial charge in [0.15, 0.2) is 5.96 Å². The second-order valence-corrected chi connectivity index (χ2v) is 29.7. The number of rotatable bonds is 26. The smallest absolute Gasteiger partial charge is 0.303 e. The number of nitrogens with two attached hydrogens (primary N) is 5. The minimum absolute atomic E-state index is 0.0101. The van der Waals surface area contributed by atoms with Gasteiger partial charge in [-0.15, -0.1) is 0 Å². The number of aliphatic carboxylic acids is 1. The number of nitrogens with one attached hydrogen (secondary N) is 11. The van der Waals surface area contributed by atoms with Gasteiger partial charge in [0.1, 0.15) is 60.1 Å². The molecule has 37 heteroatoms. The summed E-state index contributed by atoms with van der Waals surface area (Å²) < 4.78 is 0. The number of para-hydroxylation sites is 1. The maximum atomic E-state index is 15.3. The zero-order valence-electron chi connectivity index (χ0n) is 59.6. The first-order chi connectivity index (χ1) is 51.7. The first-order valence-electron chi connectivity index (χ1n) is 35.8. The lowest BCUT2D eigenvalue weighted by molar-refractivity contribution is -0.139. The van der Waals surface area contributed by atoms with E-state index >= 15 is 14.4 Å². The van der Waals surface area contributed by atoms with E-state index in [0.717, 1.165) is 34.4 Å². The van der Waals surface area contributed by atoms with Crippen LogP contribution >= 0.6 is 33.2 Å². The number of halogens is 1. The number of carbonyl (C=O) groups is 14. The Bertz CT molecular complexity index is 3870. The Balaban J connectivity index is 1.28. The number of H-pyrrole nitrogens is 1. The second kappa shape index (κ2) is 43.0. The van der Waals surface area contributed by atoms with E-state index in [1.54, 1.807) is 54.7 Å². The molecule has 13 amide bonds. The lowest BCUT2D eigenvalue weighted by Crippen LogP contribution is -2.61. The van der Waals surface area contributed by atoms with Crippen LogP contribution in [0.5, 0.6) is 5.75 Å². The number of carboxylic acids is 1. The number of aliphatic imine (C=N–C) groups is 1. The number of hydrogen-bond donors (Lipinski definition) is 18. The largest absolute Gasteiger partial charge is 0.508 e. The van der Waals surface area contributed by atoms with Crippen LogP contribution in [0.15, 0.2) is 84.0 Å². The first kappa shape index (κ1) is 85.1. The molecule has 1 saturated heterocycles. The third kappa shape index (κ3) is 27.2. The van der Waals surface area contributed by atoms with Crippen molar-refractivity contribution in [2.24, 2.45) is 39.6 Å². The van der Waals surface area contributed by atoms with Crippen LogP contribution in [0, 0.1) is 5.92 Å². The SMILES string of the molecule is NCCC(=O)N(CC(=O)N[C@@H](Cc1ccc(O)cc1)C(=O)N[C@H]1CSSC[C@@H](C(N)=O)NC(=O)[C@H](CCC(=O)O)NC(=O)[C@H](Cc2c[nH]c3ccccc23)NC(=O)[C@H](CCC(N)=O)NC(=O)CCNC(=O)[C@H](CCCN=C(N)N)NC(=O)[C@H](Cc2ccccc2Cl)NC(=O)[C@H](C2CCCC2)NC1=O)C1CCCC1. The average molecular weight is 1560 g/mol. The number of guanidine groups is 1. The molecule has 0 unspecified atom stereocenters. The molecule has 2 aliphatic carbocycles. The monoisotopic (exact) mass is 1560 g/mol. The molecular weight excluding hydrogens is 1460 g/mol. The summed E-state index contributed by atoms with van der Waals surface area (Å²) in [5.74, 6) is -14.7. The molecule has 3 aromatic carbocycles. The molecule has 0 bridgehead atoms. The van der Waals surface area contributed by atoms with Crippen LogP contribution < -0.4 is 81.8 Å². The molecular formula is C71H97ClN18O16S2. The van der Waals surface area contributed by atoms with Crippen LogP contribution in [0.2, 0.25) is 5.02 Å². The van der Waals surface area contributed by atoms with Crippen molar-refractivity contribution in [2.45, 2.75) is 182 Å². The predicted octanol–water partition coefficient (Wildman–Crippen LogP) is -1.20. The molecule has 2 heterocycles. The molecule has 4 aromatic rings. The highest BCUT2D eigenvalue weighted by Gasteiger charge is 2.40. The quantitative estimate of drug-likeness (QED) is 0.0152. The van der Waals surface area contributed by atoms with E-state index in [-0.39, 0.29) is 91.8 Å². The third-order valence-corrected chi connectivity index (χ3v) is 21.5. The molecule has 9 atom stereocenters. The number of benzene rings is 3. The Morgan fingerprint density at radius 2 is 1.23 bits per heavy atom. The number of carbonyl (C=O) groups excluding carboxylic acids is 13. The van der Waals surface area contributed by atoms with Crippen LogP contribution in [0.4, 0.5) is 0 Å². The number of amides is 13. The van der Waals surface area contributed by atoms with Crippen LogP contribution in [-0.2, 0) is 86.4 Å². The molecule has 2 saturated carbocycles. The van der Waals surface area contributed by atoms with E-state index in [1.165, 1.54) is 29.2 Å². The molecule has 0 radical (unpaired) electrons. The van der Waals surface area contributed by atoms with Crippen molar-refractivity contribution < 1.29 is 77.3 Å². The van der Waals surface area contributed by atoms with Crippen molar-refractivity contribution in [3.05, 3.63) is 101 Å². The molecule has 586 valence electrons. The van der Waals surface area contributed by atoms with Crippen LogP contribution in [0.3, 0.4) is 0 Å². The van der Waals surface area contributed by atoms with E-state index in [9.17, 15) is 63.0 Å². The number of aromatic nitrogens is 1. The van der Waals surface area contributed by atoms with Gasteiger partial charge in [-0.1, -0.05) is 107 Å². The Hall–Kier alpha value is -10.2. The lowest BCUT2D eigenvalue weighted by Gasteiger charge is -2.30. The molecule has 34 nitrogen and oxygen atoms in total. The zero-order valence-corrected chi connectivity index (χ0v) is 62.0. The van der Waals surface area contributed by atoms with Crippen LogP contribution in [-0.4, -0.2) is 207 Å². The van der Waals surface area contributed by atoms with Gasteiger partial charge in [0.25, 0.3) is 0 Å². The number of carboxylic acid groups (broad SMARTS) is 1. The van der Waals surface area contributed by atoms with Crippen LogP contribution in [0.1, 0.15) is 119 Å². The van der Waals surface area contributed by atoms with Crippen molar-refractivity contribution in [2.75, 3.05) is 37.7 Å². The highest BCUT2D eigenvalue weighted by molar-refractivity contribution is 8.76. The number of phenols is 1. The summed E-state index contributed by atoms with van der Waals surface area (Å²) in [6.45, 7) is -0.872. The van der Waals surface area contributed by atoms with E-state index in [2.05, 4.69) is 63.1 Å². The Labute approximate surface area is 636 Å². The van der Waals surface area contributed by atoms with Crippen molar-refractivity contribution in [1.29, 1.82) is 0 Å². The molecule has 1 aliphatic heterocycles.